The number of non-ortho nitro benzene ring substituents is 1. The van der Waals surface area contributed by atoms with Crippen molar-refractivity contribution in [1.29, 1.82) is 0 Å². The van der Waals surface area contributed by atoms with Gasteiger partial charge >= 0.3 is 5.97 Å². The minimum absolute atomic E-state index is 0.126. The number of nitrogens with zero attached hydrogens (tertiary/aromatic N) is 1. The summed E-state index contributed by atoms with van der Waals surface area (Å²) in [6.07, 6.45) is 3.26. The molecule has 1 aromatic carbocycles. The number of carbonyl (C=O) groups excluding carboxylic acids is 1. The highest BCUT2D eigenvalue weighted by Crippen LogP contribution is 2.33. The van der Waals surface area contributed by atoms with Crippen molar-refractivity contribution in [1.82, 2.24) is 0 Å². The molecule has 0 saturated heterocycles. The van der Waals surface area contributed by atoms with E-state index in [1.165, 1.54) is 24.3 Å². The van der Waals surface area contributed by atoms with E-state index < -0.39 is 16.8 Å². The normalized spacial score (nSPS) is 21.7. The van der Waals surface area contributed by atoms with Crippen molar-refractivity contribution in [3.05, 3.63) is 39.9 Å². The van der Waals surface area contributed by atoms with Crippen LogP contribution in [0.25, 0.3) is 0 Å². The average molecular weight is 291 g/mol. The Kier molecular flexibility index (Phi) is 4.67. The highest BCUT2D eigenvalue weighted by molar-refractivity contribution is 5.97. The van der Waals surface area contributed by atoms with E-state index in [1.54, 1.807) is 0 Å². The molecule has 0 radical (unpaired) electrons. The fraction of sp³-hybridized carbons (Fsp3) is 0.467. The van der Waals surface area contributed by atoms with E-state index in [2.05, 4.69) is 0 Å². The predicted octanol–water partition coefficient (Wildman–Crippen LogP) is 3.06. The number of hydrogen-bond donors (Lipinski definition) is 1. The van der Waals surface area contributed by atoms with Crippen LogP contribution in [0.1, 0.15) is 42.5 Å². The molecule has 112 valence electrons. The second kappa shape index (κ2) is 6.47. The van der Waals surface area contributed by atoms with E-state index in [1.807, 2.05) is 0 Å². The summed E-state index contributed by atoms with van der Waals surface area (Å²) in [5.74, 6) is -1.74. The molecular formula is C15H17NO5. The Bertz CT molecular complexity index is 569. The molecule has 1 aromatic rings. The Morgan fingerprint density at radius 3 is 2.67 bits per heavy atom. The fourth-order valence-electron chi connectivity index (χ4n) is 2.93. The summed E-state index contributed by atoms with van der Waals surface area (Å²) in [6.45, 7) is 0. The number of aliphatic carboxylic acids is 1. The highest BCUT2D eigenvalue weighted by atomic mass is 16.6. The molecule has 0 spiro atoms. The Labute approximate surface area is 121 Å². The van der Waals surface area contributed by atoms with Crippen LogP contribution in [0, 0.1) is 22.0 Å². The van der Waals surface area contributed by atoms with Crippen LogP contribution in [-0.2, 0) is 4.79 Å². The van der Waals surface area contributed by atoms with Crippen molar-refractivity contribution >= 4 is 17.4 Å². The third-order valence-electron chi connectivity index (χ3n) is 4.05. The summed E-state index contributed by atoms with van der Waals surface area (Å²) in [6, 6.07) is 5.59. The third kappa shape index (κ3) is 3.65. The number of nitro benzene ring substituents is 1. The smallest absolute Gasteiger partial charge is 0.306 e. The van der Waals surface area contributed by atoms with Gasteiger partial charge in [-0.1, -0.05) is 25.0 Å². The minimum Gasteiger partial charge on any atom is -0.481 e. The molecule has 1 aliphatic carbocycles. The summed E-state index contributed by atoms with van der Waals surface area (Å²) in [4.78, 5) is 33.6. The van der Waals surface area contributed by atoms with Crippen molar-refractivity contribution in [2.75, 3.05) is 0 Å². The second-order valence-electron chi connectivity index (χ2n) is 5.42. The number of carboxylic acids is 1. The molecule has 2 rings (SSSR count). The number of Topliss-reactive ketones (excluding diaryl/α,β-unsaturated/α-hetero) is 1. The van der Waals surface area contributed by atoms with Crippen LogP contribution in [-0.4, -0.2) is 21.8 Å². The number of hydrogen-bond acceptors (Lipinski definition) is 4. The van der Waals surface area contributed by atoms with Gasteiger partial charge in [-0.3, -0.25) is 19.7 Å². The first-order valence-electron chi connectivity index (χ1n) is 6.99. The standard InChI is InChI=1S/C15H17NO5/c17-14(11-5-3-6-12(8-11)16(20)21)9-10-4-1-2-7-13(10)15(18)19/h3,5-6,8,10,13H,1-2,4,7,9H2,(H,18,19)/t10-,13+/m0/s1. The lowest BCUT2D eigenvalue weighted by atomic mass is 9.76. The Hall–Kier alpha value is -2.24. The van der Waals surface area contributed by atoms with E-state index in [0.717, 1.165) is 19.3 Å². The van der Waals surface area contributed by atoms with Gasteiger partial charge in [-0.05, 0) is 18.8 Å². The van der Waals surface area contributed by atoms with Crippen LogP contribution in [0.3, 0.4) is 0 Å². The van der Waals surface area contributed by atoms with Gasteiger partial charge in [-0.15, -0.1) is 0 Å². The first-order chi connectivity index (χ1) is 9.99. The first-order valence-corrected chi connectivity index (χ1v) is 6.99. The van der Waals surface area contributed by atoms with E-state index >= 15 is 0 Å². The van der Waals surface area contributed by atoms with Crippen molar-refractivity contribution < 1.29 is 19.6 Å². The Morgan fingerprint density at radius 1 is 1.29 bits per heavy atom. The molecule has 2 atom stereocenters. The van der Waals surface area contributed by atoms with Crippen molar-refractivity contribution in [3.63, 3.8) is 0 Å². The lowest BCUT2D eigenvalue weighted by Gasteiger charge is -2.27. The quantitative estimate of drug-likeness (QED) is 0.510. The molecule has 6 nitrogen and oxygen atoms in total. The number of ketones is 1. The lowest BCUT2D eigenvalue weighted by molar-refractivity contribution is -0.384. The van der Waals surface area contributed by atoms with Crippen molar-refractivity contribution in [2.24, 2.45) is 11.8 Å². The summed E-state index contributed by atoms with van der Waals surface area (Å²) in [5, 5.41) is 19.9. The van der Waals surface area contributed by atoms with Gasteiger partial charge in [-0.25, -0.2) is 0 Å². The van der Waals surface area contributed by atoms with Crippen LogP contribution in [0.2, 0.25) is 0 Å². The molecule has 0 unspecified atom stereocenters. The van der Waals surface area contributed by atoms with E-state index in [4.69, 9.17) is 0 Å². The van der Waals surface area contributed by atoms with Crippen LogP contribution < -0.4 is 0 Å². The predicted molar refractivity (Wildman–Crippen MR) is 75.1 cm³/mol. The van der Waals surface area contributed by atoms with E-state index in [9.17, 15) is 24.8 Å². The summed E-state index contributed by atoms with van der Waals surface area (Å²) in [7, 11) is 0. The molecule has 0 bridgehead atoms. The maximum absolute atomic E-state index is 12.2. The van der Waals surface area contributed by atoms with Gasteiger partial charge < -0.3 is 5.11 Å². The fourth-order valence-corrected chi connectivity index (χ4v) is 2.93. The maximum atomic E-state index is 12.2. The van der Waals surface area contributed by atoms with Gasteiger partial charge in [-0.2, -0.15) is 0 Å². The van der Waals surface area contributed by atoms with Crippen LogP contribution in [0.5, 0.6) is 0 Å². The van der Waals surface area contributed by atoms with Crippen LogP contribution >= 0.6 is 0 Å². The monoisotopic (exact) mass is 291 g/mol. The third-order valence-corrected chi connectivity index (χ3v) is 4.05. The molecule has 1 saturated carbocycles. The SMILES string of the molecule is O=C(C[C@@H]1CCCC[C@H]1C(=O)O)c1cccc([N+](=O)[O-])c1. The lowest BCUT2D eigenvalue weighted by Crippen LogP contribution is -2.28. The zero-order valence-corrected chi connectivity index (χ0v) is 11.5. The molecule has 0 aliphatic heterocycles. The first kappa shape index (κ1) is 15.2. The van der Waals surface area contributed by atoms with Crippen LogP contribution in [0.4, 0.5) is 5.69 Å². The zero-order chi connectivity index (χ0) is 15.4. The molecule has 21 heavy (non-hydrogen) atoms. The maximum Gasteiger partial charge on any atom is 0.306 e. The molecule has 1 fully saturated rings. The van der Waals surface area contributed by atoms with Crippen molar-refractivity contribution in [2.45, 2.75) is 32.1 Å². The molecule has 0 amide bonds. The molecule has 0 aromatic heterocycles. The summed E-state index contributed by atoms with van der Waals surface area (Å²) < 4.78 is 0. The number of benzene rings is 1. The van der Waals surface area contributed by atoms with E-state index in [0.29, 0.717) is 6.42 Å². The molecule has 1 N–H and O–H groups in total. The molecule has 0 heterocycles. The van der Waals surface area contributed by atoms with Gasteiger partial charge in [0.25, 0.3) is 5.69 Å². The molecule has 6 heteroatoms. The summed E-state index contributed by atoms with van der Waals surface area (Å²) >= 11 is 0. The minimum atomic E-state index is -0.855. The number of rotatable bonds is 5. The number of carbonyl (C=O) groups is 2. The largest absolute Gasteiger partial charge is 0.481 e. The summed E-state index contributed by atoms with van der Waals surface area (Å²) in [5.41, 5.74) is 0.151. The second-order valence-corrected chi connectivity index (χ2v) is 5.42. The van der Waals surface area contributed by atoms with Crippen LogP contribution in [0.15, 0.2) is 24.3 Å². The Morgan fingerprint density at radius 2 is 2.00 bits per heavy atom. The molecular weight excluding hydrogens is 274 g/mol. The number of nitro groups is 1. The topological polar surface area (TPSA) is 97.5 Å². The van der Waals surface area contributed by atoms with Crippen molar-refractivity contribution in [3.8, 4) is 0 Å². The number of carboxylic acid groups (broad SMARTS) is 1. The molecule has 1 aliphatic rings. The highest BCUT2D eigenvalue weighted by Gasteiger charge is 2.32. The van der Waals surface area contributed by atoms with Gasteiger partial charge in [0.1, 0.15) is 0 Å². The van der Waals surface area contributed by atoms with E-state index in [-0.39, 0.29) is 29.4 Å². The Balaban J connectivity index is 2.11. The van der Waals surface area contributed by atoms with Gasteiger partial charge in [0.05, 0.1) is 10.8 Å². The van der Waals surface area contributed by atoms with Gasteiger partial charge in [0.15, 0.2) is 5.78 Å². The van der Waals surface area contributed by atoms with Gasteiger partial charge in [0.2, 0.25) is 0 Å². The van der Waals surface area contributed by atoms with Gasteiger partial charge in [0, 0.05) is 24.1 Å². The average Bonchev–Trinajstić information content (AvgIpc) is 2.47. The zero-order valence-electron chi connectivity index (χ0n) is 11.5.